The first-order valence-corrected chi connectivity index (χ1v) is 9.15. The van der Waals surface area contributed by atoms with E-state index in [2.05, 4.69) is 23.9 Å². The normalized spacial score (nSPS) is 25.2. The van der Waals surface area contributed by atoms with Gasteiger partial charge in [-0.1, -0.05) is 19.0 Å². The number of aryl methyl sites for hydroxylation is 1. The second kappa shape index (κ2) is 7.56. The largest absolute Gasteiger partial charge is 0.351 e. The van der Waals surface area contributed by atoms with Crippen molar-refractivity contribution in [2.24, 2.45) is 11.8 Å². The maximum absolute atomic E-state index is 12.6. The summed E-state index contributed by atoms with van der Waals surface area (Å²) in [7, 11) is 0. The lowest BCUT2D eigenvalue weighted by atomic mass is 9.92. The van der Waals surface area contributed by atoms with E-state index in [1.807, 2.05) is 4.90 Å². The molecule has 0 radical (unpaired) electrons. The van der Waals surface area contributed by atoms with E-state index in [-0.39, 0.29) is 11.8 Å². The van der Waals surface area contributed by atoms with Crippen LogP contribution in [0, 0.1) is 18.8 Å². The van der Waals surface area contributed by atoms with Crippen LogP contribution in [0.25, 0.3) is 0 Å². The van der Waals surface area contributed by atoms with Crippen LogP contribution in [0.1, 0.15) is 36.5 Å². The standard InChI is InChI=1S/C18H28N4O3/c1-13-8-14(2)11-22(10-13)17(23)12-20-4-6-21(7-5-20)18(24)16-9-15(3)19-25-16/h9,13-14H,4-8,10-12H2,1-3H3. The monoisotopic (exact) mass is 348 g/mol. The van der Waals surface area contributed by atoms with Gasteiger partial charge in [0.2, 0.25) is 11.7 Å². The fourth-order valence-corrected chi connectivity index (χ4v) is 3.89. The molecule has 1 aromatic heterocycles. The molecule has 7 nitrogen and oxygen atoms in total. The average Bonchev–Trinajstić information content (AvgIpc) is 3.00. The number of hydrogen-bond acceptors (Lipinski definition) is 5. The van der Waals surface area contributed by atoms with Gasteiger partial charge in [0.15, 0.2) is 0 Å². The summed E-state index contributed by atoms with van der Waals surface area (Å²) in [6.45, 7) is 11.1. The van der Waals surface area contributed by atoms with E-state index in [9.17, 15) is 9.59 Å². The summed E-state index contributed by atoms with van der Waals surface area (Å²) in [5.74, 6) is 1.53. The van der Waals surface area contributed by atoms with Crippen LogP contribution >= 0.6 is 0 Å². The van der Waals surface area contributed by atoms with E-state index >= 15 is 0 Å². The molecule has 0 saturated carbocycles. The summed E-state index contributed by atoms with van der Waals surface area (Å²) in [5, 5.41) is 3.77. The van der Waals surface area contributed by atoms with Gasteiger partial charge in [0.05, 0.1) is 12.2 Å². The smallest absolute Gasteiger partial charge is 0.292 e. The van der Waals surface area contributed by atoms with Crippen molar-refractivity contribution >= 4 is 11.8 Å². The molecule has 25 heavy (non-hydrogen) atoms. The number of likely N-dealkylation sites (tertiary alicyclic amines) is 1. The minimum Gasteiger partial charge on any atom is -0.351 e. The zero-order chi connectivity index (χ0) is 18.0. The molecule has 1 aromatic rings. The van der Waals surface area contributed by atoms with Crippen molar-refractivity contribution in [1.29, 1.82) is 0 Å². The maximum atomic E-state index is 12.6. The molecule has 0 bridgehead atoms. The second-order valence-corrected chi connectivity index (χ2v) is 7.65. The highest BCUT2D eigenvalue weighted by atomic mass is 16.5. The van der Waals surface area contributed by atoms with Crippen LogP contribution < -0.4 is 0 Å². The number of rotatable bonds is 3. The lowest BCUT2D eigenvalue weighted by molar-refractivity contribution is -0.135. The fraction of sp³-hybridized carbons (Fsp3) is 0.722. The number of hydrogen-bond donors (Lipinski definition) is 0. The topological polar surface area (TPSA) is 69.9 Å². The van der Waals surface area contributed by atoms with Gasteiger partial charge in [-0.05, 0) is 25.2 Å². The molecule has 3 heterocycles. The molecule has 0 aliphatic carbocycles. The number of piperazine rings is 1. The quantitative estimate of drug-likeness (QED) is 0.822. The highest BCUT2D eigenvalue weighted by Crippen LogP contribution is 2.21. The Hall–Kier alpha value is -1.89. The third kappa shape index (κ3) is 4.39. The van der Waals surface area contributed by atoms with E-state index in [0.717, 1.165) is 13.1 Å². The number of amides is 2. The lowest BCUT2D eigenvalue weighted by Crippen LogP contribution is -2.53. The zero-order valence-corrected chi connectivity index (χ0v) is 15.4. The Bertz CT molecular complexity index is 612. The molecule has 0 spiro atoms. The van der Waals surface area contributed by atoms with Crippen molar-refractivity contribution in [3.8, 4) is 0 Å². The van der Waals surface area contributed by atoms with E-state index in [1.165, 1.54) is 6.42 Å². The summed E-state index contributed by atoms with van der Waals surface area (Å²) in [4.78, 5) is 30.9. The lowest BCUT2D eigenvalue weighted by Gasteiger charge is -2.38. The van der Waals surface area contributed by atoms with E-state index in [4.69, 9.17) is 4.52 Å². The minimum absolute atomic E-state index is 0.120. The Morgan fingerprint density at radius 2 is 1.76 bits per heavy atom. The zero-order valence-electron chi connectivity index (χ0n) is 15.4. The molecule has 0 aromatic carbocycles. The third-order valence-electron chi connectivity index (χ3n) is 5.08. The van der Waals surface area contributed by atoms with Crippen LogP contribution in [-0.2, 0) is 4.79 Å². The molecule has 2 unspecified atom stereocenters. The predicted molar refractivity (Wildman–Crippen MR) is 93.1 cm³/mol. The van der Waals surface area contributed by atoms with E-state index < -0.39 is 0 Å². The summed E-state index contributed by atoms with van der Waals surface area (Å²) >= 11 is 0. The van der Waals surface area contributed by atoms with Gasteiger partial charge in [-0.25, -0.2) is 0 Å². The number of nitrogens with zero attached hydrogens (tertiary/aromatic N) is 4. The molecule has 2 saturated heterocycles. The van der Waals surface area contributed by atoms with Gasteiger partial charge in [-0.15, -0.1) is 0 Å². The van der Waals surface area contributed by atoms with Gasteiger partial charge in [0.1, 0.15) is 0 Å². The Morgan fingerprint density at radius 1 is 1.12 bits per heavy atom. The SMILES string of the molecule is Cc1cc(C(=O)N2CCN(CC(=O)N3CC(C)CC(C)C3)CC2)on1. The first kappa shape index (κ1) is 17.9. The Morgan fingerprint density at radius 3 is 2.32 bits per heavy atom. The molecular weight excluding hydrogens is 320 g/mol. The molecule has 2 amide bonds. The van der Waals surface area contributed by atoms with Crippen LogP contribution in [0.4, 0.5) is 0 Å². The maximum Gasteiger partial charge on any atom is 0.292 e. The molecule has 3 rings (SSSR count). The number of carbonyl (C=O) groups excluding carboxylic acids is 2. The summed E-state index contributed by atoms with van der Waals surface area (Å²) in [6, 6.07) is 1.66. The summed E-state index contributed by atoms with van der Waals surface area (Å²) in [5.41, 5.74) is 0.706. The van der Waals surface area contributed by atoms with Crippen LogP contribution in [0.5, 0.6) is 0 Å². The van der Waals surface area contributed by atoms with Crippen molar-refractivity contribution < 1.29 is 14.1 Å². The molecule has 2 fully saturated rings. The van der Waals surface area contributed by atoms with Crippen LogP contribution in [0.15, 0.2) is 10.6 Å². The van der Waals surface area contributed by atoms with Crippen molar-refractivity contribution in [1.82, 2.24) is 19.9 Å². The molecule has 0 N–H and O–H groups in total. The van der Waals surface area contributed by atoms with Crippen molar-refractivity contribution in [3.05, 3.63) is 17.5 Å². The van der Waals surface area contributed by atoms with Gasteiger partial charge in [-0.2, -0.15) is 0 Å². The van der Waals surface area contributed by atoms with Crippen LogP contribution in [0.2, 0.25) is 0 Å². The average molecular weight is 348 g/mol. The van der Waals surface area contributed by atoms with Gasteiger partial charge in [0, 0.05) is 45.3 Å². The van der Waals surface area contributed by atoms with Gasteiger partial charge < -0.3 is 14.3 Å². The van der Waals surface area contributed by atoms with Gasteiger partial charge >= 0.3 is 0 Å². The van der Waals surface area contributed by atoms with Gasteiger partial charge in [0.25, 0.3) is 5.91 Å². The minimum atomic E-state index is -0.120. The van der Waals surface area contributed by atoms with E-state index in [0.29, 0.717) is 56.0 Å². The Kier molecular flexibility index (Phi) is 5.42. The molecule has 2 aliphatic rings. The fourth-order valence-electron chi connectivity index (χ4n) is 3.89. The van der Waals surface area contributed by atoms with Crippen molar-refractivity contribution in [2.45, 2.75) is 27.2 Å². The van der Waals surface area contributed by atoms with Crippen molar-refractivity contribution in [2.75, 3.05) is 45.8 Å². The molecule has 2 aliphatic heterocycles. The number of aromatic nitrogens is 1. The molecule has 7 heteroatoms. The Balaban J connectivity index is 1.47. The number of piperidine rings is 1. The molecular formula is C18H28N4O3. The molecule has 138 valence electrons. The van der Waals surface area contributed by atoms with Crippen LogP contribution in [0.3, 0.4) is 0 Å². The third-order valence-corrected chi connectivity index (χ3v) is 5.08. The first-order chi connectivity index (χ1) is 11.9. The van der Waals surface area contributed by atoms with Gasteiger partial charge in [-0.3, -0.25) is 14.5 Å². The number of carbonyl (C=O) groups is 2. The van der Waals surface area contributed by atoms with Crippen molar-refractivity contribution in [3.63, 3.8) is 0 Å². The second-order valence-electron chi connectivity index (χ2n) is 7.65. The Labute approximate surface area is 148 Å². The summed E-state index contributed by atoms with van der Waals surface area (Å²) < 4.78 is 5.05. The van der Waals surface area contributed by atoms with Crippen LogP contribution in [-0.4, -0.2) is 77.5 Å². The highest BCUT2D eigenvalue weighted by Gasteiger charge is 2.29. The van der Waals surface area contributed by atoms with E-state index in [1.54, 1.807) is 17.9 Å². The predicted octanol–water partition coefficient (Wildman–Crippen LogP) is 1.25. The first-order valence-electron chi connectivity index (χ1n) is 9.15. The molecule has 2 atom stereocenters. The summed E-state index contributed by atoms with van der Waals surface area (Å²) in [6.07, 6.45) is 1.20. The highest BCUT2D eigenvalue weighted by molar-refractivity contribution is 5.91.